The van der Waals surface area contributed by atoms with Crippen LogP contribution in [0.2, 0.25) is 0 Å². The first-order valence-electron chi connectivity index (χ1n) is 5.65. The molecule has 90 valence electrons. The maximum Gasteiger partial charge on any atom is 0.246 e. The summed E-state index contributed by atoms with van der Waals surface area (Å²) in [5, 5.41) is 21.6. The number of nitrogens with zero attached hydrogens (tertiary/aromatic N) is 5. The van der Waals surface area contributed by atoms with E-state index in [1.165, 1.54) is 0 Å². The van der Waals surface area contributed by atoms with Gasteiger partial charge in [-0.15, -0.1) is 0 Å². The zero-order valence-corrected chi connectivity index (χ0v) is 10.3. The molecule has 1 aliphatic rings. The molecular weight excluding hydrogens is 206 g/mol. The number of aliphatic hydroxyl groups excluding tert-OH is 1. The molecule has 2 atom stereocenters. The maximum absolute atomic E-state index is 9.74. The Morgan fingerprint density at radius 3 is 2.56 bits per heavy atom. The Morgan fingerprint density at radius 1 is 1.38 bits per heavy atom. The van der Waals surface area contributed by atoms with Crippen LogP contribution in [0.1, 0.15) is 34.1 Å². The molecule has 1 saturated heterocycles. The predicted molar refractivity (Wildman–Crippen MR) is 60.2 cm³/mol. The Morgan fingerprint density at radius 2 is 2.06 bits per heavy atom. The number of tetrazole rings is 1. The van der Waals surface area contributed by atoms with Crippen molar-refractivity contribution >= 4 is 5.95 Å². The molecule has 0 amide bonds. The molecule has 16 heavy (non-hydrogen) atoms. The van der Waals surface area contributed by atoms with Crippen molar-refractivity contribution in [3.05, 3.63) is 0 Å². The van der Waals surface area contributed by atoms with Gasteiger partial charge in [-0.1, -0.05) is 5.10 Å². The summed E-state index contributed by atoms with van der Waals surface area (Å²) in [7, 11) is 0. The van der Waals surface area contributed by atoms with E-state index >= 15 is 0 Å². The topological polar surface area (TPSA) is 67.1 Å². The minimum Gasteiger partial charge on any atom is -0.391 e. The summed E-state index contributed by atoms with van der Waals surface area (Å²) in [6, 6.07) is 0.0760. The van der Waals surface area contributed by atoms with Crippen LogP contribution >= 0.6 is 0 Å². The van der Waals surface area contributed by atoms with Gasteiger partial charge in [0, 0.05) is 6.54 Å². The zero-order chi connectivity index (χ0) is 11.9. The van der Waals surface area contributed by atoms with E-state index in [-0.39, 0.29) is 17.7 Å². The van der Waals surface area contributed by atoms with Crippen molar-refractivity contribution < 1.29 is 5.11 Å². The molecule has 0 saturated carbocycles. The van der Waals surface area contributed by atoms with Gasteiger partial charge < -0.3 is 10.0 Å². The number of rotatable bonds is 1. The summed E-state index contributed by atoms with van der Waals surface area (Å²) < 4.78 is 1.81. The molecule has 2 rings (SSSR count). The zero-order valence-electron chi connectivity index (χ0n) is 10.3. The fourth-order valence-corrected chi connectivity index (χ4v) is 2.00. The van der Waals surface area contributed by atoms with Gasteiger partial charge in [-0.25, -0.2) is 4.68 Å². The first kappa shape index (κ1) is 11.3. The fraction of sp³-hybridized carbons (Fsp3) is 0.900. The molecular formula is C10H19N5O. The van der Waals surface area contributed by atoms with E-state index in [0.29, 0.717) is 0 Å². The summed E-state index contributed by atoms with van der Waals surface area (Å²) in [6.45, 7) is 8.98. The third kappa shape index (κ3) is 1.77. The molecule has 0 aromatic carbocycles. The third-order valence-corrected chi connectivity index (χ3v) is 3.06. The number of anilines is 1. The second kappa shape index (κ2) is 3.69. The van der Waals surface area contributed by atoms with Gasteiger partial charge in [0.05, 0.1) is 17.7 Å². The Hall–Kier alpha value is -1.17. The normalized spacial score (nSPS) is 26.4. The molecule has 1 N–H and O–H groups in total. The van der Waals surface area contributed by atoms with Gasteiger partial charge in [-0.3, -0.25) is 0 Å². The Labute approximate surface area is 95.2 Å². The van der Waals surface area contributed by atoms with Crippen molar-refractivity contribution in [2.45, 2.75) is 51.8 Å². The molecule has 0 bridgehead atoms. The first-order chi connectivity index (χ1) is 7.41. The largest absolute Gasteiger partial charge is 0.391 e. The van der Waals surface area contributed by atoms with E-state index < -0.39 is 0 Å². The van der Waals surface area contributed by atoms with E-state index in [2.05, 4.69) is 41.2 Å². The highest BCUT2D eigenvalue weighted by Crippen LogP contribution is 2.26. The highest BCUT2D eigenvalue weighted by Gasteiger charge is 2.34. The molecule has 1 aliphatic heterocycles. The molecule has 1 aromatic rings. The molecule has 0 unspecified atom stereocenters. The monoisotopic (exact) mass is 225 g/mol. The average molecular weight is 225 g/mol. The minimum atomic E-state index is -0.287. The maximum atomic E-state index is 9.74. The lowest BCUT2D eigenvalue weighted by Gasteiger charge is -2.27. The van der Waals surface area contributed by atoms with Crippen molar-refractivity contribution in [2.75, 3.05) is 11.4 Å². The van der Waals surface area contributed by atoms with E-state index in [9.17, 15) is 5.11 Å². The third-order valence-electron chi connectivity index (χ3n) is 3.06. The van der Waals surface area contributed by atoms with E-state index in [1.807, 2.05) is 11.6 Å². The van der Waals surface area contributed by atoms with E-state index in [4.69, 9.17) is 0 Å². The quantitative estimate of drug-likeness (QED) is 0.748. The van der Waals surface area contributed by atoms with E-state index in [1.54, 1.807) is 0 Å². The van der Waals surface area contributed by atoms with Crippen LogP contribution in [0.15, 0.2) is 0 Å². The average Bonchev–Trinajstić information content (AvgIpc) is 2.74. The number of aliphatic hydroxyl groups is 1. The van der Waals surface area contributed by atoms with Gasteiger partial charge in [-0.2, -0.15) is 0 Å². The first-order valence-corrected chi connectivity index (χ1v) is 5.65. The van der Waals surface area contributed by atoms with Crippen molar-refractivity contribution in [1.82, 2.24) is 20.2 Å². The molecule has 1 fully saturated rings. The molecule has 1 aromatic heterocycles. The summed E-state index contributed by atoms with van der Waals surface area (Å²) in [5.41, 5.74) is -0.147. The van der Waals surface area contributed by atoms with Crippen LogP contribution in [0.25, 0.3) is 0 Å². The number of hydrogen-bond donors (Lipinski definition) is 1. The van der Waals surface area contributed by atoms with Gasteiger partial charge in [0.1, 0.15) is 0 Å². The Bertz CT molecular complexity index is 370. The lowest BCUT2D eigenvalue weighted by atomic mass is 10.1. The van der Waals surface area contributed by atoms with Gasteiger partial charge in [-0.05, 0) is 44.5 Å². The molecule has 0 aliphatic carbocycles. The van der Waals surface area contributed by atoms with Crippen molar-refractivity contribution in [3.8, 4) is 0 Å². The fourth-order valence-electron chi connectivity index (χ4n) is 2.00. The van der Waals surface area contributed by atoms with Crippen LogP contribution in [0.3, 0.4) is 0 Å². The van der Waals surface area contributed by atoms with Crippen LogP contribution in [-0.2, 0) is 5.54 Å². The van der Waals surface area contributed by atoms with Crippen LogP contribution in [0.4, 0.5) is 5.95 Å². The van der Waals surface area contributed by atoms with E-state index in [0.717, 1.165) is 18.9 Å². The molecule has 6 nitrogen and oxygen atoms in total. The minimum absolute atomic E-state index is 0.0760. The summed E-state index contributed by atoms with van der Waals surface area (Å²) in [5.74, 6) is 0.747. The Kier molecular flexibility index (Phi) is 2.61. The smallest absolute Gasteiger partial charge is 0.246 e. The predicted octanol–water partition coefficient (Wildman–Crippen LogP) is 0.388. The van der Waals surface area contributed by atoms with Gasteiger partial charge in [0.15, 0.2) is 0 Å². The molecule has 2 heterocycles. The van der Waals surface area contributed by atoms with Crippen molar-refractivity contribution in [2.24, 2.45) is 0 Å². The van der Waals surface area contributed by atoms with Gasteiger partial charge in [0.25, 0.3) is 0 Å². The molecule has 6 heteroatoms. The second-order valence-corrected chi connectivity index (χ2v) is 5.35. The van der Waals surface area contributed by atoms with Crippen molar-refractivity contribution in [3.63, 3.8) is 0 Å². The van der Waals surface area contributed by atoms with Crippen LogP contribution in [-0.4, -0.2) is 44.0 Å². The van der Waals surface area contributed by atoms with Crippen LogP contribution < -0.4 is 4.90 Å². The van der Waals surface area contributed by atoms with Crippen LogP contribution in [0, 0.1) is 0 Å². The summed E-state index contributed by atoms with van der Waals surface area (Å²) in [6.07, 6.45) is 0.489. The lowest BCUT2D eigenvalue weighted by Crippen LogP contribution is -2.37. The number of hydrogen-bond acceptors (Lipinski definition) is 5. The van der Waals surface area contributed by atoms with Gasteiger partial charge >= 0.3 is 0 Å². The van der Waals surface area contributed by atoms with Crippen molar-refractivity contribution in [1.29, 1.82) is 0 Å². The van der Waals surface area contributed by atoms with Gasteiger partial charge in [0.2, 0.25) is 5.95 Å². The summed E-state index contributed by atoms with van der Waals surface area (Å²) in [4.78, 5) is 2.07. The lowest BCUT2D eigenvalue weighted by molar-refractivity contribution is 0.169. The molecule has 0 spiro atoms. The molecule has 0 radical (unpaired) electrons. The summed E-state index contributed by atoms with van der Waals surface area (Å²) >= 11 is 0. The SMILES string of the molecule is C[C@@H]1[C@H](O)CCN1c1nnnn1C(C)(C)C. The number of aromatic nitrogens is 4. The standard InChI is InChI=1S/C10H19N5O/c1-7-8(16)5-6-14(7)9-11-12-13-15(9)10(2,3)4/h7-8,16H,5-6H2,1-4H3/t7-,8-/m1/s1. The second-order valence-electron chi connectivity index (χ2n) is 5.35. The highest BCUT2D eigenvalue weighted by molar-refractivity contribution is 5.33. The highest BCUT2D eigenvalue weighted by atomic mass is 16.3. The van der Waals surface area contributed by atoms with Crippen LogP contribution in [0.5, 0.6) is 0 Å². The Balaban J connectivity index is 2.32.